The van der Waals surface area contributed by atoms with E-state index in [4.69, 9.17) is 4.74 Å². The summed E-state index contributed by atoms with van der Waals surface area (Å²) in [6.45, 7) is 14.5. The van der Waals surface area contributed by atoms with Gasteiger partial charge in [-0.15, -0.1) is 0 Å². The molecule has 2 heteroatoms. The van der Waals surface area contributed by atoms with Crippen molar-refractivity contribution >= 4 is 5.97 Å². The van der Waals surface area contributed by atoms with Crippen molar-refractivity contribution in [2.24, 2.45) is 5.92 Å². The van der Waals surface area contributed by atoms with E-state index in [2.05, 4.69) is 0 Å². The van der Waals surface area contributed by atoms with Crippen molar-refractivity contribution in [2.45, 2.75) is 61.3 Å². The van der Waals surface area contributed by atoms with Crippen LogP contribution in [0.25, 0.3) is 0 Å². The van der Waals surface area contributed by atoms with Crippen molar-refractivity contribution in [2.75, 3.05) is 6.61 Å². The second kappa shape index (κ2) is 18.3. The molecular formula is C12H28O2. The third kappa shape index (κ3) is 11.5. The number of carbonyl (C=O) groups excluding carboxylic acids is 1. The molecule has 1 aliphatic heterocycles. The Balaban J connectivity index is -0.000000174. The molecule has 0 saturated carbocycles. The van der Waals surface area contributed by atoms with E-state index >= 15 is 0 Å². The molecule has 0 radical (unpaired) electrons. The molecule has 14 heavy (non-hydrogen) atoms. The molecule has 0 aromatic rings. The molecule has 0 aromatic heterocycles. The lowest BCUT2D eigenvalue weighted by Crippen LogP contribution is -2.20. The maximum Gasteiger partial charge on any atom is 0.308 e. The summed E-state index contributed by atoms with van der Waals surface area (Å²) in [5, 5.41) is 0. The number of hydrogen-bond donors (Lipinski definition) is 0. The number of esters is 1. The Morgan fingerprint density at radius 2 is 1.50 bits per heavy atom. The summed E-state index contributed by atoms with van der Waals surface area (Å²) in [4.78, 5) is 10.6. The summed E-state index contributed by atoms with van der Waals surface area (Å²) in [7, 11) is 0. The highest BCUT2D eigenvalue weighted by atomic mass is 16.5. The zero-order valence-electron chi connectivity index (χ0n) is 11.0. The minimum atomic E-state index is -0.0312. The van der Waals surface area contributed by atoms with Gasteiger partial charge in [0, 0.05) is 0 Å². The van der Waals surface area contributed by atoms with Crippen molar-refractivity contribution < 1.29 is 9.53 Å². The first kappa shape index (κ1) is 19.1. The summed E-state index contributed by atoms with van der Waals surface area (Å²) in [6, 6.07) is 0. The van der Waals surface area contributed by atoms with E-state index in [1.165, 1.54) is 0 Å². The van der Waals surface area contributed by atoms with Crippen molar-refractivity contribution in [1.82, 2.24) is 0 Å². The topological polar surface area (TPSA) is 26.3 Å². The molecule has 2 nitrogen and oxygen atoms in total. The summed E-state index contributed by atoms with van der Waals surface area (Å²) in [5.41, 5.74) is 0. The summed E-state index contributed by atoms with van der Waals surface area (Å²) in [5.74, 6) is 0.111. The van der Waals surface area contributed by atoms with Gasteiger partial charge < -0.3 is 4.74 Å². The van der Waals surface area contributed by atoms with Crippen molar-refractivity contribution in [1.29, 1.82) is 0 Å². The highest BCUT2D eigenvalue weighted by Gasteiger charge is 2.17. The van der Waals surface area contributed by atoms with Gasteiger partial charge in [0.25, 0.3) is 0 Å². The molecule has 0 spiro atoms. The van der Waals surface area contributed by atoms with E-state index in [1.807, 2.05) is 48.5 Å². The van der Waals surface area contributed by atoms with Crippen LogP contribution in [0.1, 0.15) is 61.3 Å². The molecule has 1 atom stereocenters. The van der Waals surface area contributed by atoms with Crippen LogP contribution in [0.2, 0.25) is 0 Å². The Bertz CT molecular complexity index is 100. The number of cyclic esters (lactones) is 1. The van der Waals surface area contributed by atoms with Gasteiger partial charge in [0.1, 0.15) is 0 Å². The maximum absolute atomic E-state index is 10.6. The Morgan fingerprint density at radius 1 is 1.07 bits per heavy atom. The van der Waals surface area contributed by atoms with E-state index < -0.39 is 0 Å². The summed E-state index contributed by atoms with van der Waals surface area (Å²) >= 11 is 0. The summed E-state index contributed by atoms with van der Waals surface area (Å²) in [6.07, 6.45) is 2.03. The molecule has 0 aromatic carbocycles. The highest BCUT2D eigenvalue weighted by Crippen LogP contribution is 2.12. The Morgan fingerprint density at radius 3 is 1.71 bits per heavy atom. The molecule has 1 aliphatic rings. The van der Waals surface area contributed by atoms with E-state index in [0.717, 1.165) is 12.8 Å². The molecule has 0 bridgehead atoms. The van der Waals surface area contributed by atoms with Gasteiger partial charge in [-0.2, -0.15) is 0 Å². The number of rotatable bonds is 0. The van der Waals surface area contributed by atoms with E-state index in [1.54, 1.807) is 0 Å². The van der Waals surface area contributed by atoms with Crippen LogP contribution in [-0.2, 0) is 9.53 Å². The normalized spacial score (nSPS) is 18.2. The maximum atomic E-state index is 10.6. The van der Waals surface area contributed by atoms with Crippen LogP contribution in [0.5, 0.6) is 0 Å². The first-order valence-corrected chi connectivity index (χ1v) is 5.97. The smallest absolute Gasteiger partial charge is 0.308 e. The molecule has 1 unspecified atom stereocenters. The molecule has 1 fully saturated rings. The van der Waals surface area contributed by atoms with Crippen molar-refractivity contribution in [3.8, 4) is 0 Å². The van der Waals surface area contributed by atoms with E-state index in [9.17, 15) is 4.79 Å². The molecular weight excluding hydrogens is 176 g/mol. The van der Waals surface area contributed by atoms with Crippen LogP contribution in [0, 0.1) is 5.92 Å². The van der Waals surface area contributed by atoms with Gasteiger partial charge in [0.05, 0.1) is 12.5 Å². The standard InChI is InChI=1S/C6H10O2.3C2H6/c1-5-3-2-4-8-6(5)7;3*1-2/h5H,2-4H2,1H3;3*1-2H3. The Hall–Kier alpha value is -0.530. The van der Waals surface area contributed by atoms with Gasteiger partial charge in [-0.25, -0.2) is 0 Å². The van der Waals surface area contributed by atoms with Crippen LogP contribution in [-0.4, -0.2) is 12.6 Å². The molecule has 88 valence electrons. The fraction of sp³-hybridized carbons (Fsp3) is 0.917. The molecule has 1 saturated heterocycles. The second-order valence-electron chi connectivity index (χ2n) is 2.21. The average Bonchev–Trinajstić information content (AvgIpc) is 2.31. The Labute approximate surface area is 90.0 Å². The van der Waals surface area contributed by atoms with Gasteiger partial charge in [-0.1, -0.05) is 48.5 Å². The van der Waals surface area contributed by atoms with Gasteiger partial charge in [-0.05, 0) is 12.8 Å². The van der Waals surface area contributed by atoms with Gasteiger partial charge in [0.2, 0.25) is 0 Å². The van der Waals surface area contributed by atoms with Crippen molar-refractivity contribution in [3.63, 3.8) is 0 Å². The first-order valence-electron chi connectivity index (χ1n) is 5.97. The predicted molar refractivity (Wildman–Crippen MR) is 63.4 cm³/mol. The minimum Gasteiger partial charge on any atom is -0.465 e. The SMILES string of the molecule is CC.CC.CC.CC1CCCOC1=O. The fourth-order valence-corrected chi connectivity index (χ4v) is 0.822. The molecule has 0 aliphatic carbocycles. The van der Waals surface area contributed by atoms with Gasteiger partial charge >= 0.3 is 5.97 Å². The predicted octanol–water partition coefficient (Wildman–Crippen LogP) is 4.04. The largest absolute Gasteiger partial charge is 0.465 e. The third-order valence-corrected chi connectivity index (χ3v) is 1.43. The van der Waals surface area contributed by atoms with Gasteiger partial charge in [0.15, 0.2) is 0 Å². The number of ether oxygens (including phenoxy) is 1. The third-order valence-electron chi connectivity index (χ3n) is 1.43. The first-order chi connectivity index (χ1) is 6.80. The quantitative estimate of drug-likeness (QED) is 0.557. The monoisotopic (exact) mass is 204 g/mol. The van der Waals surface area contributed by atoms with Crippen molar-refractivity contribution in [3.05, 3.63) is 0 Å². The molecule has 1 rings (SSSR count). The lowest BCUT2D eigenvalue weighted by Gasteiger charge is -2.15. The number of carbonyl (C=O) groups is 1. The van der Waals surface area contributed by atoms with Gasteiger partial charge in [-0.3, -0.25) is 4.79 Å². The average molecular weight is 204 g/mol. The van der Waals surface area contributed by atoms with Crippen LogP contribution >= 0.6 is 0 Å². The summed E-state index contributed by atoms with van der Waals surface area (Å²) < 4.78 is 4.75. The van der Waals surface area contributed by atoms with Crippen LogP contribution in [0.15, 0.2) is 0 Å². The zero-order chi connectivity index (χ0) is 12.0. The zero-order valence-corrected chi connectivity index (χ0v) is 11.0. The minimum absolute atomic E-state index is 0.0312. The lowest BCUT2D eigenvalue weighted by molar-refractivity contribution is -0.151. The molecule has 0 amide bonds. The van der Waals surface area contributed by atoms with Crippen LogP contribution < -0.4 is 0 Å². The number of hydrogen-bond acceptors (Lipinski definition) is 2. The second-order valence-corrected chi connectivity index (χ2v) is 2.21. The van der Waals surface area contributed by atoms with E-state index in [0.29, 0.717) is 6.61 Å². The molecule has 0 N–H and O–H groups in total. The lowest BCUT2D eigenvalue weighted by atomic mass is 10.0. The van der Waals surface area contributed by atoms with E-state index in [-0.39, 0.29) is 11.9 Å². The molecule has 1 heterocycles. The Kier molecular flexibility index (Phi) is 25.0. The highest BCUT2D eigenvalue weighted by molar-refractivity contribution is 5.72. The van der Waals surface area contributed by atoms with Crippen LogP contribution in [0.4, 0.5) is 0 Å². The fourth-order valence-electron chi connectivity index (χ4n) is 0.822. The van der Waals surface area contributed by atoms with Crippen LogP contribution in [0.3, 0.4) is 0 Å².